The highest BCUT2D eigenvalue weighted by Crippen LogP contribution is 2.37. The molecule has 0 unspecified atom stereocenters. The molecule has 27 heavy (non-hydrogen) atoms. The molecule has 1 aliphatic rings. The van der Waals surface area contributed by atoms with Crippen LogP contribution in [-0.4, -0.2) is 50.0 Å². The monoisotopic (exact) mass is 362 g/mol. The van der Waals surface area contributed by atoms with Crippen LogP contribution < -0.4 is 0 Å². The summed E-state index contributed by atoms with van der Waals surface area (Å²) in [6.45, 7) is 3.04. The van der Waals surface area contributed by atoms with Crippen molar-refractivity contribution in [3.05, 3.63) is 41.3 Å². The van der Waals surface area contributed by atoms with Crippen LogP contribution >= 0.6 is 0 Å². The van der Waals surface area contributed by atoms with E-state index in [1.807, 2.05) is 25.3 Å². The van der Waals surface area contributed by atoms with Gasteiger partial charge in [0.2, 0.25) is 0 Å². The van der Waals surface area contributed by atoms with Crippen LogP contribution in [0.2, 0.25) is 0 Å². The van der Waals surface area contributed by atoms with Gasteiger partial charge in [0.1, 0.15) is 0 Å². The predicted molar refractivity (Wildman–Crippen MR) is 100 cm³/mol. The summed E-state index contributed by atoms with van der Waals surface area (Å²) < 4.78 is 4.94. The smallest absolute Gasteiger partial charge is 0.409 e. The molecule has 1 amide bonds. The summed E-state index contributed by atoms with van der Waals surface area (Å²) in [5.41, 5.74) is 6.91. The lowest BCUT2D eigenvalue weighted by atomic mass is 9.91. The zero-order chi connectivity index (χ0) is 18.5. The molecular weight excluding hydrogens is 344 g/mol. The Morgan fingerprint density at radius 2 is 2.04 bits per heavy atom. The molecule has 2 N–H and O–H groups in total. The Kier molecular flexibility index (Phi) is 3.40. The summed E-state index contributed by atoms with van der Waals surface area (Å²) in [5.74, 6) is 0. The largest absolute Gasteiger partial charge is 0.453 e. The van der Waals surface area contributed by atoms with Crippen LogP contribution in [0.3, 0.4) is 0 Å². The number of hydrogen-bond donors (Lipinski definition) is 2. The fourth-order valence-electron chi connectivity index (χ4n) is 3.96. The van der Waals surface area contributed by atoms with Crippen LogP contribution in [0.15, 0.2) is 24.5 Å². The minimum Gasteiger partial charge on any atom is -0.453 e. The summed E-state index contributed by atoms with van der Waals surface area (Å²) in [4.78, 5) is 18.8. The topological polar surface area (TPSA) is 99.8 Å². The highest BCUT2D eigenvalue weighted by Gasteiger charge is 2.28. The molecule has 5 rings (SSSR count). The van der Waals surface area contributed by atoms with Crippen LogP contribution in [-0.2, 0) is 17.7 Å². The standard InChI is InChI=1S/C19H18N6O2/c1-10-12(7-20-23-10)18-14-9-25(19(26)27-2)6-5-11(14)17-13-8-21-24-15(13)3-4-16(17)22-18/h3-4,7-8H,5-6,9H2,1-2H3,(H,20,23)(H,21,24). The van der Waals surface area contributed by atoms with Crippen molar-refractivity contribution in [2.75, 3.05) is 13.7 Å². The predicted octanol–water partition coefficient (Wildman–Crippen LogP) is 2.93. The molecule has 0 spiro atoms. The van der Waals surface area contributed by atoms with Gasteiger partial charge in [-0.2, -0.15) is 10.2 Å². The van der Waals surface area contributed by atoms with Crippen molar-refractivity contribution in [3.63, 3.8) is 0 Å². The summed E-state index contributed by atoms with van der Waals surface area (Å²) in [6, 6.07) is 4.02. The molecular formula is C19H18N6O2. The average Bonchev–Trinajstić information content (AvgIpc) is 3.34. The number of H-pyrrole nitrogens is 2. The van der Waals surface area contributed by atoms with Crippen molar-refractivity contribution >= 4 is 27.9 Å². The van der Waals surface area contributed by atoms with Gasteiger partial charge in [-0.05, 0) is 31.0 Å². The highest BCUT2D eigenvalue weighted by molar-refractivity contribution is 6.07. The van der Waals surface area contributed by atoms with Gasteiger partial charge in [0.25, 0.3) is 0 Å². The van der Waals surface area contributed by atoms with Crippen LogP contribution in [0, 0.1) is 6.92 Å². The van der Waals surface area contributed by atoms with E-state index in [4.69, 9.17) is 9.72 Å². The minimum atomic E-state index is -0.322. The molecule has 8 heteroatoms. The number of benzene rings is 1. The van der Waals surface area contributed by atoms with Crippen molar-refractivity contribution in [2.45, 2.75) is 19.9 Å². The quantitative estimate of drug-likeness (QED) is 0.542. The number of carbonyl (C=O) groups excluding carboxylic acids is 1. The van der Waals surface area contributed by atoms with Crippen molar-refractivity contribution < 1.29 is 9.53 Å². The third-order valence-electron chi connectivity index (χ3n) is 5.28. The van der Waals surface area contributed by atoms with Gasteiger partial charge >= 0.3 is 6.09 Å². The second kappa shape index (κ2) is 5.80. The summed E-state index contributed by atoms with van der Waals surface area (Å²) >= 11 is 0. The van der Waals surface area contributed by atoms with Gasteiger partial charge in [-0.25, -0.2) is 9.78 Å². The van der Waals surface area contributed by atoms with E-state index in [-0.39, 0.29) is 6.09 Å². The lowest BCUT2D eigenvalue weighted by molar-refractivity contribution is 0.119. The zero-order valence-corrected chi connectivity index (χ0v) is 15.0. The number of nitrogens with zero attached hydrogens (tertiary/aromatic N) is 4. The van der Waals surface area contributed by atoms with Gasteiger partial charge in [-0.15, -0.1) is 0 Å². The summed E-state index contributed by atoms with van der Waals surface area (Å²) in [7, 11) is 1.41. The van der Waals surface area contributed by atoms with E-state index >= 15 is 0 Å². The average molecular weight is 362 g/mol. The maximum atomic E-state index is 12.1. The Hall–Kier alpha value is -3.42. The van der Waals surface area contributed by atoms with Gasteiger partial charge in [-0.1, -0.05) is 0 Å². The molecule has 0 aliphatic carbocycles. The number of amides is 1. The number of pyridine rings is 1. The zero-order valence-electron chi connectivity index (χ0n) is 15.0. The van der Waals surface area contributed by atoms with Gasteiger partial charge in [0, 0.05) is 34.1 Å². The minimum absolute atomic E-state index is 0.322. The first-order valence-electron chi connectivity index (χ1n) is 8.78. The number of carbonyl (C=O) groups is 1. The molecule has 4 heterocycles. The maximum Gasteiger partial charge on any atom is 0.409 e. The number of aryl methyl sites for hydroxylation is 1. The second-order valence-electron chi connectivity index (χ2n) is 6.76. The molecule has 0 fully saturated rings. The van der Waals surface area contributed by atoms with E-state index in [1.54, 1.807) is 11.1 Å². The van der Waals surface area contributed by atoms with E-state index in [9.17, 15) is 4.79 Å². The maximum absolute atomic E-state index is 12.1. The summed E-state index contributed by atoms with van der Waals surface area (Å²) in [5, 5.41) is 16.5. The SMILES string of the molecule is COC(=O)N1CCc2c(c(-c3cn[nH]c3C)nc3ccc4[nH]ncc4c23)C1. The third-order valence-corrected chi connectivity index (χ3v) is 5.28. The van der Waals surface area contributed by atoms with Crippen molar-refractivity contribution in [1.29, 1.82) is 0 Å². The van der Waals surface area contributed by atoms with Crippen LogP contribution in [0.5, 0.6) is 0 Å². The van der Waals surface area contributed by atoms with Crippen molar-refractivity contribution in [1.82, 2.24) is 30.3 Å². The Labute approximate surface area is 154 Å². The second-order valence-corrected chi connectivity index (χ2v) is 6.76. The lowest BCUT2D eigenvalue weighted by Gasteiger charge is -2.30. The Morgan fingerprint density at radius 3 is 2.81 bits per heavy atom. The van der Waals surface area contributed by atoms with E-state index in [0.29, 0.717) is 13.1 Å². The van der Waals surface area contributed by atoms with Gasteiger partial charge in [0.15, 0.2) is 0 Å². The summed E-state index contributed by atoms with van der Waals surface area (Å²) in [6.07, 6.45) is 4.04. The molecule has 136 valence electrons. The number of rotatable bonds is 1. The number of ether oxygens (including phenoxy) is 1. The van der Waals surface area contributed by atoms with Crippen molar-refractivity contribution in [3.8, 4) is 11.3 Å². The first-order valence-corrected chi connectivity index (χ1v) is 8.78. The van der Waals surface area contributed by atoms with Crippen LogP contribution in [0.4, 0.5) is 4.79 Å². The molecule has 8 nitrogen and oxygen atoms in total. The Morgan fingerprint density at radius 1 is 1.19 bits per heavy atom. The van der Waals surface area contributed by atoms with Gasteiger partial charge in [-0.3, -0.25) is 10.2 Å². The molecule has 4 aromatic rings. The number of fused-ring (bicyclic) bond motifs is 5. The van der Waals surface area contributed by atoms with Crippen molar-refractivity contribution in [2.24, 2.45) is 0 Å². The number of nitrogens with one attached hydrogen (secondary N) is 2. The molecule has 0 atom stereocenters. The number of hydrogen-bond acceptors (Lipinski definition) is 5. The normalized spacial score (nSPS) is 13.9. The van der Waals surface area contributed by atoms with E-state index in [2.05, 4.69) is 20.4 Å². The molecule has 1 aromatic carbocycles. The first-order chi connectivity index (χ1) is 13.2. The molecule has 3 aromatic heterocycles. The molecule has 0 bridgehead atoms. The van der Waals surface area contributed by atoms with Gasteiger partial charge in [0.05, 0.1) is 42.8 Å². The van der Waals surface area contributed by atoms with Crippen LogP contribution in [0.25, 0.3) is 33.1 Å². The highest BCUT2D eigenvalue weighted by atomic mass is 16.5. The fraction of sp³-hybridized carbons (Fsp3) is 0.263. The molecule has 1 aliphatic heterocycles. The molecule has 0 saturated heterocycles. The number of aromatic amines is 2. The third kappa shape index (κ3) is 2.29. The Balaban J connectivity index is 1.83. The molecule has 0 saturated carbocycles. The van der Waals surface area contributed by atoms with E-state index in [0.717, 1.165) is 50.7 Å². The first kappa shape index (κ1) is 15.8. The lowest BCUT2D eigenvalue weighted by Crippen LogP contribution is -2.36. The van der Waals surface area contributed by atoms with E-state index in [1.165, 1.54) is 12.7 Å². The van der Waals surface area contributed by atoms with Crippen LogP contribution in [0.1, 0.15) is 16.8 Å². The molecule has 0 radical (unpaired) electrons. The van der Waals surface area contributed by atoms with Gasteiger partial charge < -0.3 is 9.64 Å². The Bertz CT molecular complexity index is 1190. The number of aromatic nitrogens is 5. The number of methoxy groups -OCH3 is 1. The van der Waals surface area contributed by atoms with E-state index < -0.39 is 0 Å². The fourth-order valence-corrected chi connectivity index (χ4v) is 3.96.